The third-order valence-corrected chi connectivity index (χ3v) is 3.77. The Balaban J connectivity index is 2.25. The van der Waals surface area contributed by atoms with Crippen molar-refractivity contribution in [2.75, 3.05) is 6.54 Å². The van der Waals surface area contributed by atoms with Gasteiger partial charge in [0.05, 0.1) is 18.0 Å². The molecule has 0 saturated heterocycles. The van der Waals surface area contributed by atoms with Crippen LogP contribution in [0.5, 0.6) is 0 Å². The maximum atomic E-state index is 12.2. The van der Waals surface area contributed by atoms with E-state index in [0.29, 0.717) is 5.56 Å². The quantitative estimate of drug-likeness (QED) is 0.620. The van der Waals surface area contributed by atoms with Gasteiger partial charge in [0.2, 0.25) is 10.0 Å². The predicted octanol–water partition coefficient (Wildman–Crippen LogP) is -1.01. The SMILES string of the molecule is NCC#Cc1ccccc1S(=O)(=O)NCc1nn[nH]n1. The van der Waals surface area contributed by atoms with Gasteiger partial charge in [-0.05, 0) is 12.1 Å². The summed E-state index contributed by atoms with van der Waals surface area (Å²) >= 11 is 0. The summed E-state index contributed by atoms with van der Waals surface area (Å²) in [7, 11) is -3.71. The fourth-order valence-electron chi connectivity index (χ4n) is 1.45. The summed E-state index contributed by atoms with van der Waals surface area (Å²) < 4.78 is 26.8. The van der Waals surface area contributed by atoms with Gasteiger partial charge in [0.1, 0.15) is 0 Å². The average Bonchev–Trinajstić information content (AvgIpc) is 2.97. The van der Waals surface area contributed by atoms with Gasteiger partial charge in [-0.15, -0.1) is 10.2 Å². The molecule has 0 atom stereocenters. The molecule has 8 nitrogen and oxygen atoms in total. The van der Waals surface area contributed by atoms with Crippen LogP contribution in [0, 0.1) is 11.8 Å². The molecule has 2 rings (SSSR count). The fourth-order valence-corrected chi connectivity index (χ4v) is 2.59. The van der Waals surface area contributed by atoms with Crippen molar-refractivity contribution in [2.24, 2.45) is 5.73 Å². The maximum absolute atomic E-state index is 12.2. The lowest BCUT2D eigenvalue weighted by Gasteiger charge is -2.06. The predicted molar refractivity (Wildman–Crippen MR) is 70.6 cm³/mol. The highest BCUT2D eigenvalue weighted by Gasteiger charge is 2.17. The first-order chi connectivity index (χ1) is 9.63. The second-order valence-corrected chi connectivity index (χ2v) is 5.39. The van der Waals surface area contributed by atoms with Crippen LogP contribution in [0.15, 0.2) is 29.2 Å². The highest BCUT2D eigenvalue weighted by molar-refractivity contribution is 7.89. The second-order valence-electron chi connectivity index (χ2n) is 3.65. The average molecular weight is 292 g/mol. The van der Waals surface area contributed by atoms with Crippen LogP contribution >= 0.6 is 0 Å². The molecule has 0 aliphatic rings. The van der Waals surface area contributed by atoms with Gasteiger partial charge in [-0.25, -0.2) is 13.1 Å². The van der Waals surface area contributed by atoms with Crippen LogP contribution in [-0.4, -0.2) is 35.6 Å². The largest absolute Gasteiger partial charge is 0.320 e. The zero-order valence-corrected chi connectivity index (χ0v) is 11.2. The lowest BCUT2D eigenvalue weighted by Crippen LogP contribution is -2.24. The van der Waals surface area contributed by atoms with E-state index in [1.54, 1.807) is 18.2 Å². The van der Waals surface area contributed by atoms with Gasteiger partial charge in [-0.2, -0.15) is 5.21 Å². The molecule has 0 bridgehead atoms. The molecule has 0 spiro atoms. The minimum atomic E-state index is -3.71. The van der Waals surface area contributed by atoms with Crippen molar-refractivity contribution < 1.29 is 8.42 Å². The number of aromatic nitrogens is 4. The normalized spacial score (nSPS) is 10.8. The van der Waals surface area contributed by atoms with Crippen LogP contribution in [0.4, 0.5) is 0 Å². The molecule has 0 aliphatic carbocycles. The minimum absolute atomic E-state index is 0.0581. The number of sulfonamides is 1. The number of hydrogen-bond donors (Lipinski definition) is 3. The van der Waals surface area contributed by atoms with E-state index >= 15 is 0 Å². The van der Waals surface area contributed by atoms with E-state index in [4.69, 9.17) is 5.73 Å². The number of nitrogens with one attached hydrogen (secondary N) is 2. The fraction of sp³-hybridized carbons (Fsp3) is 0.182. The Labute approximate surface area is 115 Å². The summed E-state index contributed by atoms with van der Waals surface area (Å²) in [6.45, 7) is 0.0994. The lowest BCUT2D eigenvalue weighted by atomic mass is 10.2. The lowest BCUT2D eigenvalue weighted by molar-refractivity contribution is 0.579. The van der Waals surface area contributed by atoms with E-state index in [2.05, 4.69) is 37.2 Å². The van der Waals surface area contributed by atoms with E-state index < -0.39 is 10.0 Å². The number of nitrogens with two attached hydrogens (primary N) is 1. The summed E-state index contributed by atoms with van der Waals surface area (Å²) in [6.07, 6.45) is 0. The Hall–Kier alpha value is -2.28. The van der Waals surface area contributed by atoms with Gasteiger partial charge in [0, 0.05) is 5.56 Å². The number of hydrogen-bond acceptors (Lipinski definition) is 6. The summed E-state index contributed by atoms with van der Waals surface area (Å²) in [5.41, 5.74) is 5.68. The van der Waals surface area contributed by atoms with Gasteiger partial charge < -0.3 is 5.73 Å². The van der Waals surface area contributed by atoms with Gasteiger partial charge in [0.15, 0.2) is 5.82 Å². The molecule has 0 amide bonds. The molecule has 0 radical (unpaired) electrons. The molecule has 104 valence electrons. The number of tetrazole rings is 1. The topological polar surface area (TPSA) is 127 Å². The highest BCUT2D eigenvalue weighted by atomic mass is 32.2. The first-order valence-corrected chi connectivity index (χ1v) is 7.12. The number of aromatic amines is 1. The van der Waals surface area contributed by atoms with Crippen molar-refractivity contribution in [3.8, 4) is 11.8 Å². The maximum Gasteiger partial charge on any atom is 0.242 e. The molecule has 1 heterocycles. The molecular weight excluding hydrogens is 280 g/mol. The zero-order chi connectivity index (χ0) is 14.4. The van der Waals surface area contributed by atoms with Gasteiger partial charge >= 0.3 is 0 Å². The second kappa shape index (κ2) is 6.25. The molecule has 20 heavy (non-hydrogen) atoms. The molecule has 2 aromatic rings. The number of rotatable bonds is 4. The monoisotopic (exact) mass is 292 g/mol. The number of H-pyrrole nitrogens is 1. The molecular formula is C11H12N6O2S. The third-order valence-electron chi connectivity index (χ3n) is 2.31. The minimum Gasteiger partial charge on any atom is -0.320 e. The van der Waals surface area contributed by atoms with Crippen molar-refractivity contribution in [3.05, 3.63) is 35.7 Å². The van der Waals surface area contributed by atoms with Crippen LogP contribution in [0.3, 0.4) is 0 Å². The van der Waals surface area contributed by atoms with E-state index in [-0.39, 0.29) is 23.8 Å². The molecule has 1 aromatic heterocycles. The van der Waals surface area contributed by atoms with E-state index in [1.165, 1.54) is 6.07 Å². The Morgan fingerprint density at radius 1 is 1.35 bits per heavy atom. The Morgan fingerprint density at radius 3 is 2.85 bits per heavy atom. The van der Waals surface area contributed by atoms with Crippen LogP contribution in [0.2, 0.25) is 0 Å². The Morgan fingerprint density at radius 2 is 2.15 bits per heavy atom. The number of nitrogens with zero attached hydrogens (tertiary/aromatic N) is 3. The van der Waals surface area contributed by atoms with Gasteiger partial charge in [0.25, 0.3) is 0 Å². The molecule has 1 aromatic carbocycles. The van der Waals surface area contributed by atoms with Crippen LogP contribution in [0.25, 0.3) is 0 Å². The number of benzene rings is 1. The van der Waals surface area contributed by atoms with E-state index in [1.807, 2.05) is 0 Å². The summed E-state index contributed by atoms with van der Waals surface area (Å²) in [4.78, 5) is 0.0874. The van der Waals surface area contributed by atoms with Crippen molar-refractivity contribution in [2.45, 2.75) is 11.4 Å². The Bertz CT molecular complexity index is 730. The van der Waals surface area contributed by atoms with Crippen molar-refractivity contribution in [1.29, 1.82) is 0 Å². The van der Waals surface area contributed by atoms with Crippen molar-refractivity contribution >= 4 is 10.0 Å². The van der Waals surface area contributed by atoms with Crippen LogP contribution < -0.4 is 10.5 Å². The highest BCUT2D eigenvalue weighted by Crippen LogP contribution is 2.14. The molecule has 0 unspecified atom stereocenters. The third kappa shape index (κ3) is 3.39. The Kier molecular flexibility index (Phi) is 4.41. The van der Waals surface area contributed by atoms with Crippen molar-refractivity contribution in [3.63, 3.8) is 0 Å². The first-order valence-electron chi connectivity index (χ1n) is 5.63. The van der Waals surface area contributed by atoms with E-state index in [0.717, 1.165) is 0 Å². The molecule has 0 saturated carbocycles. The van der Waals surface area contributed by atoms with Crippen LogP contribution in [0.1, 0.15) is 11.4 Å². The summed E-state index contributed by atoms with van der Waals surface area (Å²) in [6, 6.07) is 6.42. The molecule has 0 aliphatic heterocycles. The molecule has 4 N–H and O–H groups in total. The summed E-state index contributed by atoms with van der Waals surface area (Å²) in [5, 5.41) is 12.9. The van der Waals surface area contributed by atoms with Gasteiger partial charge in [-0.1, -0.05) is 29.2 Å². The molecule has 9 heteroatoms. The van der Waals surface area contributed by atoms with Crippen LogP contribution in [-0.2, 0) is 16.6 Å². The zero-order valence-electron chi connectivity index (χ0n) is 10.4. The first kappa shape index (κ1) is 14.1. The summed E-state index contributed by atoms with van der Waals surface area (Å²) in [5.74, 6) is 5.61. The molecule has 0 fully saturated rings. The van der Waals surface area contributed by atoms with Gasteiger partial charge in [-0.3, -0.25) is 0 Å². The standard InChI is InChI=1S/C11H12N6O2S/c12-7-3-5-9-4-1-2-6-10(9)20(18,19)13-8-11-14-16-17-15-11/h1-2,4,6,13H,7-8,12H2,(H,14,15,16,17). The van der Waals surface area contributed by atoms with E-state index in [9.17, 15) is 8.42 Å². The smallest absolute Gasteiger partial charge is 0.242 e. The van der Waals surface area contributed by atoms with Crippen molar-refractivity contribution in [1.82, 2.24) is 25.3 Å².